The summed E-state index contributed by atoms with van der Waals surface area (Å²) >= 11 is 0. The first kappa shape index (κ1) is 81.4. The summed E-state index contributed by atoms with van der Waals surface area (Å²) in [5.41, 5.74) is 17.7. The van der Waals surface area contributed by atoms with Crippen molar-refractivity contribution in [3.63, 3.8) is 0 Å². The molecule has 15 heteroatoms. The first-order chi connectivity index (χ1) is 38.3. The maximum absolute atomic E-state index is 11.2. The Hall–Kier alpha value is -7.56. The normalized spacial score (nSPS) is 11.9. The zero-order valence-corrected chi connectivity index (χ0v) is 53.9. The van der Waals surface area contributed by atoms with Gasteiger partial charge in [-0.25, -0.2) is 0 Å². The molecule has 0 bridgehead atoms. The van der Waals surface area contributed by atoms with Crippen LogP contribution in [0.4, 0.5) is 22.7 Å². The molecule has 0 aliphatic carbocycles. The smallest absolute Gasteiger partial charge is 0.507 e. The first-order valence-electron chi connectivity index (χ1n) is 28.8. The third kappa shape index (κ3) is 18.3. The number of hydrogen-bond donors (Lipinski definition) is 2. The molecule has 1 radical (unpaired) electrons. The van der Waals surface area contributed by atoms with Gasteiger partial charge in [-0.2, -0.15) is 0 Å². The summed E-state index contributed by atoms with van der Waals surface area (Å²) in [5.74, 6) is 3.66. The van der Waals surface area contributed by atoms with E-state index in [4.69, 9.17) is 9.47 Å². The van der Waals surface area contributed by atoms with E-state index in [0.29, 0.717) is 49.9 Å². The molecule has 0 spiro atoms. The average Bonchev–Trinajstić information content (AvgIpc) is 1.01. The zero-order valence-electron chi connectivity index (χ0n) is 52.8. The molecule has 8 aromatic rings. The van der Waals surface area contributed by atoms with Gasteiger partial charge in [0.05, 0.1) is 0 Å². The fraction of sp³-hybridized carbons (Fsp3) is 0.351. The molecule has 0 aromatic heterocycles. The van der Waals surface area contributed by atoms with E-state index in [1.165, 1.54) is 44.8 Å². The second-order valence-electron chi connectivity index (χ2n) is 23.6. The van der Waals surface area contributed by atoms with E-state index in [0.717, 1.165) is 82.4 Å². The Bertz CT molecular complexity index is 3180. The van der Waals surface area contributed by atoms with Gasteiger partial charge in [-0.3, -0.25) is 0 Å². The summed E-state index contributed by atoms with van der Waals surface area (Å²) in [4.78, 5) is 9.16. The minimum Gasteiger partial charge on any atom is -0.507 e. The van der Waals surface area contributed by atoms with Crippen LogP contribution in [0.15, 0.2) is 170 Å². The number of para-hydroxylation sites is 2. The van der Waals surface area contributed by atoms with E-state index in [9.17, 15) is 10.2 Å². The molecule has 89 heavy (non-hydrogen) atoms. The molecule has 14 nitrogen and oxygen atoms in total. The van der Waals surface area contributed by atoms with E-state index in [-0.39, 0.29) is 75.6 Å². The molecule has 0 fully saturated rings. The predicted molar refractivity (Wildman–Crippen MR) is 369 cm³/mol. The number of fused-ring (bicyclic) bond motifs is 2. The van der Waals surface area contributed by atoms with E-state index in [1.807, 2.05) is 26.0 Å². The van der Waals surface area contributed by atoms with Gasteiger partial charge in [-0.1, -0.05) is 155 Å². The van der Waals surface area contributed by atoms with Gasteiger partial charge in [0.2, 0.25) is 0 Å². The number of rotatable bonds is 16. The zero-order chi connectivity index (χ0) is 56.9. The van der Waals surface area contributed by atoms with Gasteiger partial charge in [0.15, 0.2) is 13.5 Å². The molecule has 10 rings (SSSR count). The number of aryl methyl sites for hydroxylation is 2. The Labute approximate surface area is 542 Å². The van der Waals surface area contributed by atoms with Crippen molar-refractivity contribution in [2.24, 2.45) is 0 Å². The summed E-state index contributed by atoms with van der Waals surface area (Å²) in [6.07, 6.45) is 0. The quantitative estimate of drug-likeness (QED) is 0.0877. The number of aromatic hydroxyl groups is 2. The number of phenolic OH excluding ortho intramolecular Hbond substituents is 2. The minimum atomic E-state index is -0.355. The van der Waals surface area contributed by atoms with Crippen molar-refractivity contribution in [3.8, 4) is 23.0 Å². The van der Waals surface area contributed by atoms with Gasteiger partial charge < -0.3 is 72.1 Å². The second kappa shape index (κ2) is 35.0. The number of nitrogens with zero attached hydrogens (tertiary/aromatic N) is 4. The van der Waals surface area contributed by atoms with Crippen molar-refractivity contribution in [2.45, 2.75) is 147 Å². The Morgan fingerprint density at radius 2 is 0.775 bits per heavy atom. The van der Waals surface area contributed by atoms with Crippen LogP contribution in [-0.2, 0) is 54.1 Å². The van der Waals surface area contributed by atoms with Crippen LogP contribution in [0, 0.1) is 13.8 Å². The SMILES string of the molecule is C.C.CC(C)(c1ccc2c(c1)CN(c1ccccc1)CO2)c1ccc2c(c1)CN(c1ccccc1)CO2.CCN(Cc1cc(C(C)(C)c2cc(C)c(O)c(CN(CC)c3ccc(C(C)C)cc3)c2)cc(C)c1O)c1ccc(C(C)C)cc1.O.O.O.O.O.O.[Fe+3]. The van der Waals surface area contributed by atoms with Gasteiger partial charge in [-0.05, 0) is 169 Å². The van der Waals surface area contributed by atoms with Crippen LogP contribution in [0.1, 0.15) is 163 Å². The molecule has 0 atom stereocenters. The fourth-order valence-electron chi connectivity index (χ4n) is 11.2. The van der Waals surface area contributed by atoms with E-state index < -0.39 is 0 Å². The van der Waals surface area contributed by atoms with Gasteiger partial charge in [0.25, 0.3) is 0 Å². The summed E-state index contributed by atoms with van der Waals surface area (Å²) in [6.45, 7) is 32.0. The van der Waals surface area contributed by atoms with Crippen molar-refractivity contribution in [3.05, 3.63) is 237 Å². The summed E-state index contributed by atoms with van der Waals surface area (Å²) in [5, 5.41) is 22.4. The Balaban J connectivity index is 0.00000161. The standard InChI is InChI=1S/C41H54N2O2.C31H30N2O2.2CH4.Fe.6H2O/c1-11-42(37-17-13-31(14-18-37)27(3)4)25-33-23-35(21-29(7)39(33)44)41(9,10)36-22-30(8)40(45)34(24-36)26-43(12-2)38-19-15-32(16-20-38)28(5)6;1-31(2,25-13-15-29-23(17-25)19-32(21-34-29)27-9-5-3-6-10-27)26-14-16-30-24(18-26)20-33(22-35-30)28-11-7-4-8-12-28;;;;;;;;;/h13-24,27-28,44-45H,11-12,25-26H2,1-10H3;3-18H,19-22H2,1-2H3;2*1H4;;6*1H2/q;;;;+3;;;;;;. The molecule has 0 unspecified atom stereocenters. The molecule has 485 valence electrons. The van der Waals surface area contributed by atoms with E-state index in [1.54, 1.807) is 0 Å². The van der Waals surface area contributed by atoms with Gasteiger partial charge >= 0.3 is 17.1 Å². The number of hydrogen-bond acceptors (Lipinski definition) is 8. The van der Waals surface area contributed by atoms with Crippen LogP contribution in [0.3, 0.4) is 0 Å². The van der Waals surface area contributed by atoms with Crippen molar-refractivity contribution < 1.29 is 69.6 Å². The third-order valence-electron chi connectivity index (χ3n) is 16.8. The maximum atomic E-state index is 11.2. The molecule has 8 aromatic carbocycles. The topological polar surface area (TPSA) is 261 Å². The molecular weight excluding hydrogens is 1160 g/mol. The number of anilines is 4. The number of phenols is 2. The number of benzene rings is 8. The summed E-state index contributed by atoms with van der Waals surface area (Å²) in [6, 6.07) is 60.4. The monoisotopic (exact) mass is 1260 g/mol. The van der Waals surface area contributed by atoms with E-state index in [2.05, 4.69) is 247 Å². The van der Waals surface area contributed by atoms with Crippen molar-refractivity contribution >= 4 is 22.7 Å². The minimum absolute atomic E-state index is 0. The van der Waals surface area contributed by atoms with Crippen LogP contribution in [0.2, 0.25) is 0 Å². The molecule has 2 aliphatic rings. The first-order valence-corrected chi connectivity index (χ1v) is 28.8. The van der Waals surface area contributed by atoms with Gasteiger partial charge in [0.1, 0.15) is 23.0 Å². The molecule has 2 aliphatic heterocycles. The predicted octanol–water partition coefficient (Wildman–Crippen LogP) is 13.4. The molecule has 2 heterocycles. The molecule has 0 saturated carbocycles. The number of ether oxygens (including phenoxy) is 2. The molecule has 0 amide bonds. The Kier molecular flexibility index (Phi) is 32.0. The van der Waals surface area contributed by atoms with Crippen LogP contribution < -0.4 is 29.1 Å². The summed E-state index contributed by atoms with van der Waals surface area (Å²) in [7, 11) is 0. The van der Waals surface area contributed by atoms with Crippen LogP contribution in [0.25, 0.3) is 0 Å². The van der Waals surface area contributed by atoms with Crippen LogP contribution in [-0.4, -0.2) is 69.6 Å². The van der Waals surface area contributed by atoms with Crippen molar-refractivity contribution in [1.29, 1.82) is 0 Å². The maximum Gasteiger partial charge on any atom is 3.00 e. The second-order valence-corrected chi connectivity index (χ2v) is 23.6. The van der Waals surface area contributed by atoms with Crippen molar-refractivity contribution in [2.75, 3.05) is 46.2 Å². The molecular formula is C74H104FeN4O10+3. The third-order valence-corrected chi connectivity index (χ3v) is 16.8. The van der Waals surface area contributed by atoms with Crippen molar-refractivity contribution in [1.82, 2.24) is 0 Å². The molecule has 0 saturated heterocycles. The summed E-state index contributed by atoms with van der Waals surface area (Å²) < 4.78 is 12.2. The van der Waals surface area contributed by atoms with Gasteiger partial charge in [-0.15, -0.1) is 0 Å². The molecule has 14 N–H and O–H groups in total. The largest absolute Gasteiger partial charge is 3.00 e. The average molecular weight is 1270 g/mol. The van der Waals surface area contributed by atoms with E-state index >= 15 is 0 Å². The Morgan fingerprint density at radius 3 is 1.09 bits per heavy atom. The van der Waals surface area contributed by atoms with Crippen LogP contribution >= 0.6 is 0 Å². The Morgan fingerprint density at radius 1 is 0.449 bits per heavy atom. The van der Waals surface area contributed by atoms with Gasteiger partial charge in [0, 0.05) is 95.1 Å². The van der Waals surface area contributed by atoms with Crippen LogP contribution in [0.5, 0.6) is 23.0 Å². The fourth-order valence-corrected chi connectivity index (χ4v) is 11.2.